The number of carbonyl (C=O) groups is 2. The first-order valence-corrected chi connectivity index (χ1v) is 6.46. The van der Waals surface area contributed by atoms with Crippen molar-refractivity contribution in [1.82, 2.24) is 20.2 Å². The minimum absolute atomic E-state index is 0.168. The molecule has 1 aromatic rings. The largest absolute Gasteiger partial charge is 0.272 e. The van der Waals surface area contributed by atoms with E-state index < -0.39 is 23.6 Å². The highest BCUT2D eigenvalue weighted by Crippen LogP contribution is 2.16. The second-order valence-electron chi connectivity index (χ2n) is 3.55. The van der Waals surface area contributed by atoms with E-state index in [4.69, 9.17) is 12.2 Å². The fourth-order valence-corrected chi connectivity index (χ4v) is 2.32. The highest BCUT2D eigenvalue weighted by molar-refractivity contribution is 8.23. The van der Waals surface area contributed by atoms with Crippen molar-refractivity contribution < 1.29 is 9.59 Å². The molecule has 2 heterocycles. The number of aromatic nitrogens is 2. The Morgan fingerprint density at radius 2 is 2.16 bits per heavy atom. The lowest BCUT2D eigenvalue weighted by Gasteiger charge is -2.16. The van der Waals surface area contributed by atoms with Crippen LogP contribution in [0, 0.1) is 0 Å². The van der Waals surface area contributed by atoms with Crippen molar-refractivity contribution in [3.63, 3.8) is 0 Å². The molecule has 8 nitrogen and oxygen atoms in total. The third-order valence-corrected chi connectivity index (χ3v) is 3.53. The molecule has 2 rings (SSSR count). The van der Waals surface area contributed by atoms with Crippen LogP contribution >= 0.6 is 24.0 Å². The van der Waals surface area contributed by atoms with Crippen molar-refractivity contribution in [1.29, 1.82) is 0 Å². The van der Waals surface area contributed by atoms with Gasteiger partial charge in [-0.1, -0.05) is 24.0 Å². The van der Waals surface area contributed by atoms with Gasteiger partial charge >= 0.3 is 0 Å². The molecular formula is C9H8N4O4S2. The number of aromatic amines is 1. The number of rotatable bonds is 3. The van der Waals surface area contributed by atoms with Crippen molar-refractivity contribution in [3.05, 3.63) is 32.8 Å². The van der Waals surface area contributed by atoms with E-state index in [1.54, 1.807) is 0 Å². The quantitative estimate of drug-likeness (QED) is 0.654. The molecule has 1 aliphatic rings. The van der Waals surface area contributed by atoms with Gasteiger partial charge in [0, 0.05) is 12.1 Å². The Labute approximate surface area is 115 Å². The number of nitrogens with one attached hydrogen (secondary N) is 2. The summed E-state index contributed by atoms with van der Waals surface area (Å²) in [6.07, 6.45) is 0. The molecule has 0 spiro atoms. The molecule has 0 saturated carbocycles. The van der Waals surface area contributed by atoms with Crippen LogP contribution in [-0.4, -0.2) is 36.7 Å². The third-order valence-electron chi connectivity index (χ3n) is 2.18. The number of carbonyl (C=O) groups excluding carboxylic acids is 2. The molecule has 1 aromatic heterocycles. The van der Waals surface area contributed by atoms with Crippen LogP contribution in [0.15, 0.2) is 21.7 Å². The monoisotopic (exact) mass is 300 g/mol. The standard InChI is InChI=1S/C9H8N4O4S2/c14-5-1-2-7(16)12(10-5)3-6(15)11-13-8(17)4-19-9(13)18/h1-2H,3-4H2,(H,10,14)(H,11,15). The summed E-state index contributed by atoms with van der Waals surface area (Å²) in [5.41, 5.74) is 1.24. The van der Waals surface area contributed by atoms with Gasteiger partial charge in [0.25, 0.3) is 22.9 Å². The lowest BCUT2D eigenvalue weighted by Crippen LogP contribution is -2.47. The van der Waals surface area contributed by atoms with Crippen LogP contribution in [0.5, 0.6) is 0 Å². The summed E-state index contributed by atoms with van der Waals surface area (Å²) in [7, 11) is 0. The first kappa shape index (κ1) is 13.5. The predicted molar refractivity (Wildman–Crippen MR) is 71.4 cm³/mol. The second-order valence-corrected chi connectivity index (χ2v) is 5.16. The number of hydrogen-bond donors (Lipinski definition) is 2. The van der Waals surface area contributed by atoms with Crippen LogP contribution in [0.3, 0.4) is 0 Å². The van der Waals surface area contributed by atoms with Gasteiger partial charge in [-0.3, -0.25) is 29.7 Å². The van der Waals surface area contributed by atoms with Gasteiger partial charge in [-0.2, -0.15) is 0 Å². The maximum absolute atomic E-state index is 11.7. The first-order valence-electron chi connectivity index (χ1n) is 5.07. The van der Waals surface area contributed by atoms with E-state index in [9.17, 15) is 19.2 Å². The van der Waals surface area contributed by atoms with Crippen molar-refractivity contribution >= 4 is 40.1 Å². The van der Waals surface area contributed by atoms with Crippen LogP contribution in [0.4, 0.5) is 0 Å². The smallest absolute Gasteiger partial charge is 0.265 e. The molecule has 19 heavy (non-hydrogen) atoms. The average Bonchev–Trinajstić information content (AvgIpc) is 2.65. The maximum Gasteiger partial charge on any atom is 0.265 e. The Kier molecular flexibility index (Phi) is 3.81. The average molecular weight is 300 g/mol. The molecule has 2 amide bonds. The summed E-state index contributed by atoms with van der Waals surface area (Å²) in [4.78, 5) is 45.4. The molecule has 0 aliphatic carbocycles. The van der Waals surface area contributed by atoms with Crippen LogP contribution in [0.1, 0.15) is 0 Å². The molecule has 1 fully saturated rings. The number of amides is 2. The lowest BCUT2D eigenvalue weighted by molar-refractivity contribution is -0.134. The Hall–Kier alpha value is -1.94. The minimum atomic E-state index is -0.637. The zero-order valence-electron chi connectivity index (χ0n) is 9.41. The summed E-state index contributed by atoms with van der Waals surface area (Å²) in [6, 6.07) is 2.11. The van der Waals surface area contributed by atoms with E-state index in [1.165, 1.54) is 0 Å². The van der Waals surface area contributed by atoms with Gasteiger partial charge in [-0.25, -0.2) is 9.69 Å². The zero-order chi connectivity index (χ0) is 14.0. The first-order chi connectivity index (χ1) is 8.97. The number of thioether (sulfide) groups is 1. The molecule has 0 atom stereocenters. The van der Waals surface area contributed by atoms with Crippen molar-refractivity contribution in [2.45, 2.75) is 6.54 Å². The summed E-state index contributed by atoms with van der Waals surface area (Å²) >= 11 is 6.01. The van der Waals surface area contributed by atoms with E-state index in [-0.39, 0.29) is 16.0 Å². The molecule has 1 aliphatic heterocycles. The van der Waals surface area contributed by atoms with Gasteiger partial charge in [0.15, 0.2) is 4.32 Å². The van der Waals surface area contributed by atoms with Crippen LogP contribution < -0.4 is 16.5 Å². The molecule has 0 aromatic carbocycles. The van der Waals surface area contributed by atoms with Crippen LogP contribution in [-0.2, 0) is 16.1 Å². The van der Waals surface area contributed by atoms with Crippen molar-refractivity contribution in [3.8, 4) is 0 Å². The summed E-state index contributed by atoms with van der Waals surface area (Å²) in [6.45, 7) is -0.411. The molecule has 2 N–H and O–H groups in total. The molecule has 10 heteroatoms. The normalized spacial score (nSPS) is 14.8. The van der Waals surface area contributed by atoms with Gasteiger partial charge in [-0.15, -0.1) is 0 Å². The highest BCUT2D eigenvalue weighted by Gasteiger charge is 2.28. The SMILES string of the molecule is O=C(Cn1[nH]c(=O)ccc1=O)NN1C(=O)CSC1=S. The van der Waals surface area contributed by atoms with Crippen molar-refractivity contribution in [2.24, 2.45) is 0 Å². The predicted octanol–water partition coefficient (Wildman–Crippen LogP) is -1.57. The molecule has 0 radical (unpaired) electrons. The topological polar surface area (TPSA) is 104 Å². The van der Waals surface area contributed by atoms with Gasteiger partial charge in [0.05, 0.1) is 5.75 Å². The fraction of sp³-hybridized carbons (Fsp3) is 0.222. The van der Waals surface area contributed by atoms with Gasteiger partial charge < -0.3 is 0 Å². The minimum Gasteiger partial charge on any atom is -0.272 e. The summed E-state index contributed by atoms with van der Waals surface area (Å²) in [5, 5.41) is 3.15. The van der Waals surface area contributed by atoms with E-state index in [1.807, 2.05) is 0 Å². The van der Waals surface area contributed by atoms with Crippen LogP contribution in [0.25, 0.3) is 0 Å². The van der Waals surface area contributed by atoms with Crippen LogP contribution in [0.2, 0.25) is 0 Å². The molecule has 0 unspecified atom stereocenters. The number of hydrazine groups is 1. The lowest BCUT2D eigenvalue weighted by atomic mass is 10.5. The fourth-order valence-electron chi connectivity index (χ4n) is 1.35. The Balaban J connectivity index is 2.07. The number of H-pyrrole nitrogens is 1. The Bertz CT molecular complexity index is 649. The number of hydrogen-bond acceptors (Lipinski definition) is 6. The second kappa shape index (κ2) is 5.36. The van der Waals surface area contributed by atoms with E-state index in [0.717, 1.165) is 33.6 Å². The zero-order valence-corrected chi connectivity index (χ0v) is 11.0. The van der Waals surface area contributed by atoms with E-state index in [0.29, 0.717) is 0 Å². The van der Waals surface area contributed by atoms with E-state index in [2.05, 4.69) is 10.5 Å². The van der Waals surface area contributed by atoms with Gasteiger partial charge in [0.1, 0.15) is 6.54 Å². The van der Waals surface area contributed by atoms with Crippen molar-refractivity contribution in [2.75, 3.05) is 5.75 Å². The molecule has 100 valence electrons. The third kappa shape index (κ3) is 3.09. The number of nitrogens with zero attached hydrogens (tertiary/aromatic N) is 2. The summed E-state index contributed by atoms with van der Waals surface area (Å²) in [5.74, 6) is -0.805. The summed E-state index contributed by atoms with van der Waals surface area (Å²) < 4.78 is 1.08. The van der Waals surface area contributed by atoms with Gasteiger partial charge in [0.2, 0.25) is 0 Å². The Morgan fingerprint density at radius 3 is 2.79 bits per heavy atom. The highest BCUT2D eigenvalue weighted by atomic mass is 32.2. The molecule has 0 bridgehead atoms. The maximum atomic E-state index is 11.7. The number of thiocarbonyl (C=S) groups is 1. The van der Waals surface area contributed by atoms with E-state index >= 15 is 0 Å². The van der Waals surface area contributed by atoms with Gasteiger partial charge in [-0.05, 0) is 0 Å². The Morgan fingerprint density at radius 1 is 1.42 bits per heavy atom. The molecule has 1 saturated heterocycles. The molecular weight excluding hydrogens is 292 g/mol.